The van der Waals surface area contributed by atoms with Crippen molar-refractivity contribution in [1.29, 1.82) is 0 Å². The van der Waals surface area contributed by atoms with Crippen molar-refractivity contribution in [3.8, 4) is 0 Å². The second-order valence-electron chi connectivity index (χ2n) is 3.89. The van der Waals surface area contributed by atoms with E-state index < -0.39 is 12.7 Å². The predicted octanol–water partition coefficient (Wildman–Crippen LogP) is 1.60. The highest BCUT2D eigenvalue weighted by Crippen LogP contribution is 2.12. The summed E-state index contributed by atoms with van der Waals surface area (Å²) in [6.07, 6.45) is -3.70. The molecule has 1 N–H and O–H groups in total. The molecule has 0 radical (unpaired) electrons. The molecular weight excluding hydrogens is 251 g/mol. The molecule has 1 atom stereocenters. The second kappa shape index (κ2) is 10.5. The van der Waals surface area contributed by atoms with Crippen molar-refractivity contribution in [1.82, 2.24) is 5.32 Å². The molecule has 0 heterocycles. The minimum Gasteiger partial charge on any atom is -0.382 e. The van der Waals surface area contributed by atoms with Gasteiger partial charge in [0.15, 0.2) is 0 Å². The SMILES string of the molecule is COCCOCCCOC(C)CNCC(F)(F)F. The Bertz CT molecular complexity index is 191. The summed E-state index contributed by atoms with van der Waals surface area (Å²) in [6.45, 7) is 3.06. The second-order valence-corrected chi connectivity index (χ2v) is 3.89. The van der Waals surface area contributed by atoms with E-state index in [4.69, 9.17) is 14.2 Å². The first-order valence-corrected chi connectivity index (χ1v) is 5.91. The van der Waals surface area contributed by atoms with Crippen LogP contribution < -0.4 is 5.32 Å². The number of rotatable bonds is 11. The molecule has 0 rings (SSSR count). The van der Waals surface area contributed by atoms with Crippen molar-refractivity contribution in [2.24, 2.45) is 0 Å². The Labute approximate surface area is 106 Å². The standard InChI is InChI=1S/C11H22F3NO3/c1-10(8-15-9-11(12,13)14)18-5-3-4-17-7-6-16-2/h10,15H,3-9H2,1-2H3. The number of ether oxygens (including phenoxy) is 3. The zero-order chi connectivity index (χ0) is 13.9. The lowest BCUT2D eigenvalue weighted by molar-refractivity contribution is -0.125. The van der Waals surface area contributed by atoms with Crippen molar-refractivity contribution in [2.75, 3.05) is 46.6 Å². The van der Waals surface area contributed by atoms with Gasteiger partial charge in [-0.3, -0.25) is 0 Å². The van der Waals surface area contributed by atoms with E-state index in [9.17, 15) is 13.2 Å². The highest BCUT2D eigenvalue weighted by molar-refractivity contribution is 4.59. The molecule has 0 fully saturated rings. The quantitative estimate of drug-likeness (QED) is 0.580. The summed E-state index contributed by atoms with van der Waals surface area (Å²) in [5, 5.41) is 2.30. The van der Waals surface area contributed by atoms with Crippen LogP contribution in [0.15, 0.2) is 0 Å². The van der Waals surface area contributed by atoms with Crippen LogP contribution in [0.25, 0.3) is 0 Å². The Morgan fingerprint density at radius 2 is 1.83 bits per heavy atom. The Morgan fingerprint density at radius 3 is 2.44 bits per heavy atom. The van der Waals surface area contributed by atoms with Crippen molar-refractivity contribution in [3.05, 3.63) is 0 Å². The summed E-state index contributed by atoms with van der Waals surface area (Å²) in [7, 11) is 1.60. The van der Waals surface area contributed by atoms with Gasteiger partial charge in [-0.1, -0.05) is 0 Å². The fourth-order valence-electron chi connectivity index (χ4n) is 1.17. The summed E-state index contributed by atoms with van der Waals surface area (Å²) in [5.41, 5.74) is 0. The third-order valence-electron chi connectivity index (χ3n) is 2.02. The number of alkyl halides is 3. The molecule has 0 aliphatic carbocycles. The molecule has 0 aliphatic heterocycles. The molecule has 0 amide bonds. The highest BCUT2D eigenvalue weighted by Gasteiger charge is 2.26. The molecule has 110 valence electrons. The molecule has 7 heteroatoms. The molecule has 0 bridgehead atoms. The van der Waals surface area contributed by atoms with Crippen molar-refractivity contribution >= 4 is 0 Å². The summed E-state index contributed by atoms with van der Waals surface area (Å²) < 4.78 is 50.8. The summed E-state index contributed by atoms with van der Waals surface area (Å²) in [4.78, 5) is 0. The lowest BCUT2D eigenvalue weighted by Crippen LogP contribution is -2.34. The van der Waals surface area contributed by atoms with Crippen LogP contribution >= 0.6 is 0 Å². The number of hydrogen-bond donors (Lipinski definition) is 1. The monoisotopic (exact) mass is 273 g/mol. The van der Waals surface area contributed by atoms with E-state index in [1.54, 1.807) is 14.0 Å². The van der Waals surface area contributed by atoms with Gasteiger partial charge in [0.05, 0.1) is 25.9 Å². The van der Waals surface area contributed by atoms with Crippen LogP contribution in [0.5, 0.6) is 0 Å². The molecule has 0 aromatic carbocycles. The Hall–Kier alpha value is -0.370. The molecule has 18 heavy (non-hydrogen) atoms. The van der Waals surface area contributed by atoms with Gasteiger partial charge in [-0.25, -0.2) is 0 Å². The molecule has 0 spiro atoms. The maximum absolute atomic E-state index is 11.8. The van der Waals surface area contributed by atoms with Crippen LogP contribution in [0.4, 0.5) is 13.2 Å². The van der Waals surface area contributed by atoms with Gasteiger partial charge in [0.25, 0.3) is 0 Å². The average Bonchev–Trinajstić information content (AvgIpc) is 2.26. The molecule has 0 aromatic rings. The minimum atomic E-state index is -4.17. The fraction of sp³-hybridized carbons (Fsp3) is 1.00. The van der Waals surface area contributed by atoms with Crippen molar-refractivity contribution < 1.29 is 27.4 Å². The smallest absolute Gasteiger partial charge is 0.382 e. The Kier molecular flexibility index (Phi) is 10.3. The molecule has 0 aliphatic rings. The predicted molar refractivity (Wildman–Crippen MR) is 61.7 cm³/mol. The zero-order valence-electron chi connectivity index (χ0n) is 10.9. The topological polar surface area (TPSA) is 39.7 Å². The lowest BCUT2D eigenvalue weighted by Gasteiger charge is -2.15. The van der Waals surface area contributed by atoms with Crippen LogP contribution in [0, 0.1) is 0 Å². The number of hydrogen-bond acceptors (Lipinski definition) is 4. The number of nitrogens with one attached hydrogen (secondary N) is 1. The van der Waals surface area contributed by atoms with Crippen molar-refractivity contribution in [3.63, 3.8) is 0 Å². The summed E-state index contributed by atoms with van der Waals surface area (Å²) >= 11 is 0. The largest absolute Gasteiger partial charge is 0.401 e. The van der Waals surface area contributed by atoms with Gasteiger partial charge >= 0.3 is 6.18 Å². The van der Waals surface area contributed by atoms with E-state index in [-0.39, 0.29) is 12.6 Å². The van der Waals surface area contributed by atoms with E-state index in [0.29, 0.717) is 32.8 Å². The van der Waals surface area contributed by atoms with Crippen LogP contribution in [0.3, 0.4) is 0 Å². The first-order valence-electron chi connectivity index (χ1n) is 5.91. The van der Waals surface area contributed by atoms with E-state index in [1.807, 2.05) is 0 Å². The maximum atomic E-state index is 11.8. The molecule has 0 aromatic heterocycles. The van der Waals surface area contributed by atoms with Crippen LogP contribution in [0.1, 0.15) is 13.3 Å². The summed E-state index contributed by atoms with van der Waals surface area (Å²) in [5.74, 6) is 0. The molecular formula is C11H22F3NO3. The Balaban J connectivity index is 3.24. The lowest BCUT2D eigenvalue weighted by atomic mass is 10.4. The number of methoxy groups -OCH3 is 1. The molecule has 4 nitrogen and oxygen atoms in total. The van der Waals surface area contributed by atoms with Gasteiger partial charge in [0.2, 0.25) is 0 Å². The molecule has 0 saturated carbocycles. The van der Waals surface area contributed by atoms with Crippen molar-refractivity contribution in [2.45, 2.75) is 25.6 Å². The first kappa shape index (κ1) is 17.6. The van der Waals surface area contributed by atoms with Crippen LogP contribution in [-0.2, 0) is 14.2 Å². The number of halogens is 3. The summed E-state index contributed by atoms with van der Waals surface area (Å²) in [6, 6.07) is 0. The van der Waals surface area contributed by atoms with E-state index in [2.05, 4.69) is 5.32 Å². The third kappa shape index (κ3) is 13.7. The van der Waals surface area contributed by atoms with E-state index in [0.717, 1.165) is 0 Å². The van der Waals surface area contributed by atoms with E-state index >= 15 is 0 Å². The molecule has 0 saturated heterocycles. The first-order chi connectivity index (χ1) is 8.45. The average molecular weight is 273 g/mol. The normalized spacial score (nSPS) is 13.8. The fourth-order valence-corrected chi connectivity index (χ4v) is 1.17. The van der Waals surface area contributed by atoms with E-state index in [1.165, 1.54) is 0 Å². The zero-order valence-corrected chi connectivity index (χ0v) is 10.9. The van der Waals surface area contributed by atoms with Gasteiger partial charge in [-0.2, -0.15) is 13.2 Å². The molecule has 1 unspecified atom stereocenters. The van der Waals surface area contributed by atoms with Gasteiger partial charge in [0, 0.05) is 26.9 Å². The van der Waals surface area contributed by atoms with Gasteiger partial charge < -0.3 is 19.5 Å². The van der Waals surface area contributed by atoms with Gasteiger partial charge in [0.1, 0.15) is 0 Å². The van der Waals surface area contributed by atoms with Gasteiger partial charge in [-0.15, -0.1) is 0 Å². The highest BCUT2D eigenvalue weighted by atomic mass is 19.4. The van der Waals surface area contributed by atoms with Crippen LogP contribution in [0.2, 0.25) is 0 Å². The minimum absolute atomic E-state index is 0.185. The third-order valence-corrected chi connectivity index (χ3v) is 2.02. The Morgan fingerprint density at radius 1 is 1.11 bits per heavy atom. The maximum Gasteiger partial charge on any atom is 0.401 e. The van der Waals surface area contributed by atoms with Crippen LogP contribution in [-0.4, -0.2) is 58.9 Å². The van der Waals surface area contributed by atoms with Gasteiger partial charge in [-0.05, 0) is 13.3 Å².